The molecule has 1 saturated heterocycles. The second kappa shape index (κ2) is 10.8. The summed E-state index contributed by atoms with van der Waals surface area (Å²) in [5.41, 5.74) is 0.788. The van der Waals surface area contributed by atoms with Crippen LogP contribution in [0.25, 0.3) is 0 Å². The highest BCUT2D eigenvalue weighted by Gasteiger charge is 2.46. The first-order valence-corrected chi connectivity index (χ1v) is 8.46. The van der Waals surface area contributed by atoms with E-state index in [0.29, 0.717) is 18.8 Å². The first-order valence-electron chi connectivity index (χ1n) is 8.46. The summed E-state index contributed by atoms with van der Waals surface area (Å²) in [6.45, 7) is 1.81. The molecule has 1 aliphatic heterocycles. The monoisotopic (exact) mass is 438 g/mol. The summed E-state index contributed by atoms with van der Waals surface area (Å²) in [6.07, 6.45) is -4.47. The minimum atomic E-state index is -4.47. The Labute approximate surface area is 174 Å². The Bertz CT molecular complexity index is 727. The summed E-state index contributed by atoms with van der Waals surface area (Å²) < 4.78 is 46.5. The van der Waals surface area contributed by atoms with Crippen LogP contribution in [0.15, 0.2) is 48.5 Å². The van der Waals surface area contributed by atoms with Gasteiger partial charge < -0.3 is 15.2 Å². The molecule has 28 heavy (non-hydrogen) atoms. The maximum absolute atomic E-state index is 13.6. The molecule has 0 radical (unpaired) electrons. The summed E-state index contributed by atoms with van der Waals surface area (Å²) >= 11 is 0. The van der Waals surface area contributed by atoms with Crippen molar-refractivity contribution in [2.75, 3.05) is 26.2 Å². The molecule has 1 fully saturated rings. The number of ether oxygens (including phenoxy) is 1. The lowest BCUT2D eigenvalue weighted by molar-refractivity contribution is -0.188. The van der Waals surface area contributed by atoms with Crippen LogP contribution in [0.4, 0.5) is 13.2 Å². The average molecular weight is 439 g/mol. The van der Waals surface area contributed by atoms with Crippen molar-refractivity contribution < 1.29 is 23.0 Å². The van der Waals surface area contributed by atoms with Crippen LogP contribution in [-0.2, 0) is 6.61 Å². The number of halogens is 5. The van der Waals surface area contributed by atoms with Gasteiger partial charge in [-0.1, -0.05) is 30.3 Å². The number of nitrogens with one attached hydrogen (secondary N) is 1. The third-order valence-electron chi connectivity index (χ3n) is 4.37. The Hall–Kier alpha value is -1.67. The zero-order chi connectivity index (χ0) is 18.6. The van der Waals surface area contributed by atoms with Crippen molar-refractivity contribution in [3.63, 3.8) is 0 Å². The lowest BCUT2D eigenvalue weighted by atomic mass is 10.0. The van der Waals surface area contributed by atoms with Gasteiger partial charge in [0.15, 0.2) is 0 Å². The Morgan fingerprint density at radius 1 is 1.04 bits per heavy atom. The van der Waals surface area contributed by atoms with Crippen LogP contribution in [0.5, 0.6) is 11.5 Å². The van der Waals surface area contributed by atoms with Gasteiger partial charge >= 0.3 is 6.18 Å². The fourth-order valence-corrected chi connectivity index (χ4v) is 3.11. The third kappa shape index (κ3) is 6.17. The molecule has 1 aliphatic rings. The number of phenolic OH excluding ortho intramolecular Hbond substituents is 1. The number of benzene rings is 2. The van der Waals surface area contributed by atoms with Crippen LogP contribution in [-0.4, -0.2) is 42.4 Å². The standard InChI is InChI=1S/C19H21F3N2O2.2ClH/c20-19(21,22)18(24-10-8-23-9-11-24)16-7-6-15(12-17(16)25)26-13-14-4-2-1-3-5-14;;/h1-7,12,18,23,25H,8-11,13H2;2*1H/t18-;;/m0../s1. The topological polar surface area (TPSA) is 44.7 Å². The molecule has 156 valence electrons. The fraction of sp³-hybridized carbons (Fsp3) is 0.368. The summed E-state index contributed by atoms with van der Waals surface area (Å²) in [4.78, 5) is 1.34. The maximum atomic E-state index is 13.6. The smallest absolute Gasteiger partial charge is 0.408 e. The van der Waals surface area contributed by atoms with Crippen LogP contribution in [0.3, 0.4) is 0 Å². The highest BCUT2D eigenvalue weighted by atomic mass is 35.5. The van der Waals surface area contributed by atoms with Gasteiger partial charge in [-0.2, -0.15) is 13.2 Å². The van der Waals surface area contributed by atoms with Crippen LogP contribution in [0.1, 0.15) is 17.2 Å². The van der Waals surface area contributed by atoms with Gasteiger partial charge in [0.25, 0.3) is 0 Å². The van der Waals surface area contributed by atoms with E-state index in [1.54, 1.807) is 0 Å². The van der Waals surface area contributed by atoms with Crippen molar-refractivity contribution in [1.29, 1.82) is 0 Å². The molecule has 1 atom stereocenters. The number of piperazine rings is 1. The van der Waals surface area contributed by atoms with E-state index in [1.165, 1.54) is 23.1 Å². The molecule has 0 amide bonds. The lowest BCUT2D eigenvalue weighted by Crippen LogP contribution is -2.49. The SMILES string of the molecule is Cl.Cl.Oc1cc(OCc2ccccc2)ccc1[C@H](N1CCNCC1)C(F)(F)F. The van der Waals surface area contributed by atoms with Gasteiger partial charge in [0.2, 0.25) is 0 Å². The minimum Gasteiger partial charge on any atom is -0.507 e. The molecule has 1 heterocycles. The van der Waals surface area contributed by atoms with Crippen LogP contribution in [0.2, 0.25) is 0 Å². The molecule has 0 spiro atoms. The van der Waals surface area contributed by atoms with Crippen molar-refractivity contribution in [2.45, 2.75) is 18.8 Å². The van der Waals surface area contributed by atoms with Crippen molar-refractivity contribution in [3.05, 3.63) is 59.7 Å². The Balaban J connectivity index is 0.00000196. The van der Waals surface area contributed by atoms with E-state index in [1.807, 2.05) is 30.3 Å². The summed E-state index contributed by atoms with van der Waals surface area (Å²) in [5, 5.41) is 13.3. The summed E-state index contributed by atoms with van der Waals surface area (Å²) in [6, 6.07) is 11.6. The van der Waals surface area contributed by atoms with E-state index in [9.17, 15) is 18.3 Å². The molecule has 3 rings (SSSR count). The number of aromatic hydroxyl groups is 1. The van der Waals surface area contributed by atoms with Gasteiger partial charge in [0, 0.05) is 37.8 Å². The van der Waals surface area contributed by atoms with E-state index in [2.05, 4.69) is 5.32 Å². The number of hydrogen-bond donors (Lipinski definition) is 2. The van der Waals surface area contributed by atoms with E-state index in [0.717, 1.165) is 5.56 Å². The fourth-order valence-electron chi connectivity index (χ4n) is 3.11. The largest absolute Gasteiger partial charge is 0.507 e. The molecule has 2 aromatic rings. The maximum Gasteiger partial charge on any atom is 0.408 e. The van der Waals surface area contributed by atoms with E-state index in [-0.39, 0.29) is 50.1 Å². The average Bonchev–Trinajstić information content (AvgIpc) is 2.62. The van der Waals surface area contributed by atoms with Gasteiger partial charge in [-0.25, -0.2) is 0 Å². The Kier molecular flexibility index (Phi) is 9.36. The zero-order valence-corrected chi connectivity index (χ0v) is 16.6. The second-order valence-electron chi connectivity index (χ2n) is 6.23. The third-order valence-corrected chi connectivity index (χ3v) is 4.37. The molecular formula is C19H23Cl2F3N2O2. The predicted octanol–water partition coefficient (Wildman–Crippen LogP) is 4.32. The lowest BCUT2D eigenvalue weighted by Gasteiger charge is -2.36. The molecule has 9 heteroatoms. The number of hydrogen-bond acceptors (Lipinski definition) is 4. The first kappa shape index (κ1) is 24.4. The molecule has 2 aromatic carbocycles. The quantitative estimate of drug-likeness (QED) is 0.729. The molecule has 0 aliphatic carbocycles. The van der Waals surface area contributed by atoms with Crippen LogP contribution < -0.4 is 10.1 Å². The summed E-state index contributed by atoms with van der Waals surface area (Å²) in [5.74, 6) is -0.0762. The molecular weight excluding hydrogens is 416 g/mol. The molecule has 0 aromatic heterocycles. The minimum absolute atomic E-state index is 0. The predicted molar refractivity (Wildman–Crippen MR) is 107 cm³/mol. The summed E-state index contributed by atoms with van der Waals surface area (Å²) in [7, 11) is 0. The van der Waals surface area contributed by atoms with Crippen molar-refractivity contribution in [2.24, 2.45) is 0 Å². The first-order chi connectivity index (χ1) is 12.4. The van der Waals surface area contributed by atoms with Gasteiger partial charge in [0.05, 0.1) is 0 Å². The Morgan fingerprint density at radius 3 is 2.25 bits per heavy atom. The number of phenols is 1. The second-order valence-corrected chi connectivity index (χ2v) is 6.23. The van der Waals surface area contributed by atoms with Gasteiger partial charge in [-0.15, -0.1) is 24.8 Å². The van der Waals surface area contributed by atoms with Crippen molar-refractivity contribution in [1.82, 2.24) is 10.2 Å². The number of alkyl halides is 3. The van der Waals surface area contributed by atoms with Crippen molar-refractivity contribution in [3.8, 4) is 11.5 Å². The number of rotatable bonds is 5. The zero-order valence-electron chi connectivity index (χ0n) is 15.0. The normalized spacial score (nSPS) is 15.8. The van der Waals surface area contributed by atoms with Crippen molar-refractivity contribution >= 4 is 24.8 Å². The van der Waals surface area contributed by atoms with E-state index in [4.69, 9.17) is 4.74 Å². The van der Waals surface area contributed by atoms with E-state index >= 15 is 0 Å². The molecule has 0 saturated carbocycles. The van der Waals surface area contributed by atoms with E-state index < -0.39 is 18.0 Å². The molecule has 2 N–H and O–H groups in total. The molecule has 0 unspecified atom stereocenters. The highest BCUT2D eigenvalue weighted by Crippen LogP contribution is 2.42. The van der Waals surface area contributed by atoms with Gasteiger partial charge in [-0.05, 0) is 17.7 Å². The number of nitrogens with zero attached hydrogens (tertiary/aromatic N) is 1. The molecule has 0 bridgehead atoms. The van der Waals surface area contributed by atoms with Gasteiger partial charge in [-0.3, -0.25) is 4.90 Å². The van der Waals surface area contributed by atoms with Gasteiger partial charge in [0.1, 0.15) is 24.1 Å². The van der Waals surface area contributed by atoms with Crippen LogP contribution in [0, 0.1) is 0 Å². The Morgan fingerprint density at radius 2 is 1.68 bits per heavy atom. The highest BCUT2D eigenvalue weighted by molar-refractivity contribution is 5.85. The molecule has 4 nitrogen and oxygen atoms in total. The van der Waals surface area contributed by atoms with Crippen LogP contribution >= 0.6 is 24.8 Å².